The number of unbranched alkanes of at least 4 members (excludes halogenated alkanes) is 1. The highest BCUT2D eigenvalue weighted by Gasteiger charge is 2.06. The minimum absolute atomic E-state index is 0.00266. The zero-order chi connectivity index (χ0) is 16.2. The first-order valence-corrected chi connectivity index (χ1v) is 7.29. The number of alkyl halides is 2. The predicted molar refractivity (Wildman–Crippen MR) is 80.4 cm³/mol. The molecule has 0 heterocycles. The lowest BCUT2D eigenvalue weighted by Crippen LogP contribution is -2.30. The van der Waals surface area contributed by atoms with Gasteiger partial charge in [0, 0.05) is 31.5 Å². The average molecular weight is 316 g/mol. The second-order valence-corrected chi connectivity index (χ2v) is 4.61. The van der Waals surface area contributed by atoms with Crippen molar-refractivity contribution in [1.82, 2.24) is 5.32 Å². The van der Waals surface area contributed by atoms with Crippen molar-refractivity contribution in [3.8, 4) is 5.75 Å². The fourth-order valence-corrected chi connectivity index (χ4v) is 1.65. The van der Waals surface area contributed by atoms with Gasteiger partial charge in [-0.15, -0.1) is 0 Å². The predicted octanol–water partition coefficient (Wildman–Crippen LogP) is 3.62. The molecule has 0 atom stereocenters. The van der Waals surface area contributed by atoms with E-state index in [1.165, 1.54) is 18.2 Å². The quantitative estimate of drug-likeness (QED) is 0.648. The molecule has 0 fully saturated rings. The summed E-state index contributed by atoms with van der Waals surface area (Å²) in [5, 5.41) is 5.21. The summed E-state index contributed by atoms with van der Waals surface area (Å²) in [5.74, 6) is -0.00266. The Balaban J connectivity index is 2.21. The van der Waals surface area contributed by atoms with E-state index in [1.54, 1.807) is 6.07 Å². The van der Waals surface area contributed by atoms with E-state index in [0.717, 1.165) is 19.4 Å². The molecular formula is C15H22F2N2O3. The van der Waals surface area contributed by atoms with Gasteiger partial charge < -0.3 is 20.1 Å². The molecule has 2 N–H and O–H groups in total. The first kappa shape index (κ1) is 18.2. The van der Waals surface area contributed by atoms with Gasteiger partial charge in [0.15, 0.2) is 0 Å². The van der Waals surface area contributed by atoms with E-state index in [4.69, 9.17) is 4.74 Å². The maximum Gasteiger partial charge on any atom is 0.387 e. The van der Waals surface area contributed by atoms with Gasteiger partial charge in [-0.2, -0.15) is 8.78 Å². The lowest BCUT2D eigenvalue weighted by atomic mass is 10.3. The third kappa shape index (κ3) is 8.41. The van der Waals surface area contributed by atoms with Gasteiger partial charge in [-0.3, -0.25) is 0 Å². The highest BCUT2D eigenvalue weighted by atomic mass is 19.3. The number of carbonyl (C=O) groups excluding carboxylic acids is 1. The number of benzene rings is 1. The summed E-state index contributed by atoms with van der Waals surface area (Å²) in [5.41, 5.74) is 0.384. The minimum Gasteiger partial charge on any atom is -0.435 e. The topological polar surface area (TPSA) is 59.6 Å². The molecule has 0 saturated carbocycles. The van der Waals surface area contributed by atoms with Crippen LogP contribution in [0.25, 0.3) is 0 Å². The SMILES string of the molecule is CCCCOCCCNC(=O)Nc1cccc(OC(F)F)c1. The molecule has 0 radical (unpaired) electrons. The lowest BCUT2D eigenvalue weighted by Gasteiger charge is -2.09. The van der Waals surface area contributed by atoms with Crippen molar-refractivity contribution in [3.05, 3.63) is 24.3 Å². The number of rotatable bonds is 10. The summed E-state index contributed by atoms with van der Waals surface area (Å²) < 4.78 is 33.8. The fraction of sp³-hybridized carbons (Fsp3) is 0.533. The molecule has 1 rings (SSSR count). The van der Waals surface area contributed by atoms with Crippen LogP contribution < -0.4 is 15.4 Å². The van der Waals surface area contributed by atoms with E-state index in [0.29, 0.717) is 25.3 Å². The van der Waals surface area contributed by atoms with Crippen LogP contribution in [-0.4, -0.2) is 32.4 Å². The van der Waals surface area contributed by atoms with Crippen molar-refractivity contribution in [2.45, 2.75) is 32.8 Å². The maximum atomic E-state index is 12.1. The molecule has 0 saturated heterocycles. The van der Waals surface area contributed by atoms with Crippen molar-refractivity contribution in [3.63, 3.8) is 0 Å². The third-order valence-electron chi connectivity index (χ3n) is 2.71. The first-order valence-electron chi connectivity index (χ1n) is 7.29. The summed E-state index contributed by atoms with van der Waals surface area (Å²) in [4.78, 5) is 11.6. The van der Waals surface area contributed by atoms with Crippen LogP contribution in [0.3, 0.4) is 0 Å². The Morgan fingerprint density at radius 3 is 2.77 bits per heavy atom. The number of halogens is 2. The molecule has 0 aliphatic carbocycles. The average Bonchev–Trinajstić information content (AvgIpc) is 2.46. The number of ether oxygens (including phenoxy) is 2. The summed E-state index contributed by atoms with van der Waals surface area (Å²) in [6.07, 6.45) is 2.84. The van der Waals surface area contributed by atoms with E-state index >= 15 is 0 Å². The largest absolute Gasteiger partial charge is 0.435 e. The molecule has 5 nitrogen and oxygen atoms in total. The third-order valence-corrected chi connectivity index (χ3v) is 2.71. The Labute approximate surface area is 129 Å². The van der Waals surface area contributed by atoms with Crippen molar-refractivity contribution in [2.24, 2.45) is 0 Å². The number of hydrogen-bond donors (Lipinski definition) is 2. The number of nitrogens with one attached hydrogen (secondary N) is 2. The van der Waals surface area contributed by atoms with Crippen molar-refractivity contribution >= 4 is 11.7 Å². The Morgan fingerprint density at radius 2 is 2.05 bits per heavy atom. The van der Waals surface area contributed by atoms with Crippen LogP contribution in [0.1, 0.15) is 26.2 Å². The summed E-state index contributed by atoms with van der Waals surface area (Å²) in [6.45, 7) is 1.01. The van der Waals surface area contributed by atoms with Gasteiger partial charge in [0.25, 0.3) is 0 Å². The molecule has 0 unspecified atom stereocenters. The van der Waals surface area contributed by atoms with Gasteiger partial charge >= 0.3 is 12.6 Å². The van der Waals surface area contributed by atoms with Crippen molar-refractivity contribution in [2.75, 3.05) is 25.1 Å². The van der Waals surface area contributed by atoms with Gasteiger partial charge in [0.2, 0.25) is 0 Å². The zero-order valence-corrected chi connectivity index (χ0v) is 12.6. The van der Waals surface area contributed by atoms with Crippen LogP contribution in [0.4, 0.5) is 19.3 Å². The lowest BCUT2D eigenvalue weighted by molar-refractivity contribution is -0.0497. The Kier molecular flexibility index (Phi) is 8.90. The number of hydrogen-bond acceptors (Lipinski definition) is 3. The second-order valence-electron chi connectivity index (χ2n) is 4.61. The van der Waals surface area contributed by atoms with E-state index in [1.807, 2.05) is 0 Å². The van der Waals surface area contributed by atoms with E-state index < -0.39 is 12.6 Å². The second kappa shape index (κ2) is 10.8. The number of amides is 2. The normalized spacial score (nSPS) is 10.5. The van der Waals surface area contributed by atoms with Gasteiger partial charge in [-0.05, 0) is 25.0 Å². The fourth-order valence-electron chi connectivity index (χ4n) is 1.65. The molecule has 7 heteroatoms. The van der Waals surface area contributed by atoms with Crippen LogP contribution in [-0.2, 0) is 4.74 Å². The summed E-state index contributed by atoms with van der Waals surface area (Å²) in [6, 6.07) is 5.44. The molecule has 0 aliphatic rings. The Hall–Kier alpha value is -1.89. The van der Waals surface area contributed by atoms with Crippen LogP contribution in [0.2, 0.25) is 0 Å². The maximum absolute atomic E-state index is 12.1. The monoisotopic (exact) mass is 316 g/mol. The van der Waals surface area contributed by atoms with Crippen LogP contribution in [0.15, 0.2) is 24.3 Å². The Morgan fingerprint density at radius 1 is 1.27 bits per heavy atom. The van der Waals surface area contributed by atoms with E-state index in [-0.39, 0.29) is 5.75 Å². The molecule has 0 aromatic heterocycles. The molecule has 1 aromatic rings. The van der Waals surface area contributed by atoms with Crippen molar-refractivity contribution in [1.29, 1.82) is 0 Å². The van der Waals surface area contributed by atoms with E-state index in [2.05, 4.69) is 22.3 Å². The van der Waals surface area contributed by atoms with Crippen LogP contribution >= 0.6 is 0 Å². The van der Waals surface area contributed by atoms with Gasteiger partial charge in [-0.25, -0.2) is 4.79 Å². The summed E-state index contributed by atoms with van der Waals surface area (Å²) >= 11 is 0. The highest BCUT2D eigenvalue weighted by molar-refractivity contribution is 5.89. The van der Waals surface area contributed by atoms with E-state index in [9.17, 15) is 13.6 Å². The molecular weight excluding hydrogens is 294 g/mol. The van der Waals surface area contributed by atoms with Crippen LogP contribution in [0.5, 0.6) is 5.75 Å². The highest BCUT2D eigenvalue weighted by Crippen LogP contribution is 2.19. The number of urea groups is 1. The smallest absolute Gasteiger partial charge is 0.387 e. The molecule has 22 heavy (non-hydrogen) atoms. The van der Waals surface area contributed by atoms with Gasteiger partial charge in [-0.1, -0.05) is 19.4 Å². The molecule has 0 aliphatic heterocycles. The summed E-state index contributed by atoms with van der Waals surface area (Å²) in [7, 11) is 0. The zero-order valence-electron chi connectivity index (χ0n) is 12.6. The number of carbonyl (C=O) groups is 1. The number of anilines is 1. The van der Waals surface area contributed by atoms with Gasteiger partial charge in [0.1, 0.15) is 5.75 Å². The minimum atomic E-state index is -2.89. The standard InChI is InChI=1S/C15H22F2N2O3/c1-2-3-9-21-10-5-8-18-15(20)19-12-6-4-7-13(11-12)22-14(16)17/h4,6-7,11,14H,2-3,5,8-10H2,1H3,(H2,18,19,20). The van der Waals surface area contributed by atoms with Gasteiger partial charge in [0.05, 0.1) is 0 Å². The molecule has 2 amide bonds. The van der Waals surface area contributed by atoms with Crippen molar-refractivity contribution < 1.29 is 23.0 Å². The first-order chi connectivity index (χ1) is 10.6. The Bertz CT molecular complexity index is 445. The molecule has 124 valence electrons. The van der Waals surface area contributed by atoms with Crippen LogP contribution in [0, 0.1) is 0 Å². The molecule has 0 spiro atoms. The molecule has 0 bridgehead atoms. The molecule has 1 aromatic carbocycles.